The molecule has 0 bridgehead atoms. The van der Waals surface area contributed by atoms with E-state index in [4.69, 9.17) is 11.6 Å². The maximum atomic E-state index is 12.5. The molecule has 0 saturated carbocycles. The molecule has 3 heterocycles. The van der Waals surface area contributed by atoms with E-state index >= 15 is 0 Å². The molecular formula is C15H10ClF2N5O. The molecular weight excluding hydrogens is 340 g/mol. The topological polar surface area (TPSA) is 72.7 Å². The lowest BCUT2D eigenvalue weighted by molar-refractivity contribution is -0.115. The van der Waals surface area contributed by atoms with Crippen molar-refractivity contribution in [2.45, 2.75) is 19.4 Å². The quantitative estimate of drug-likeness (QED) is 0.789. The van der Waals surface area contributed by atoms with E-state index in [1.165, 1.54) is 12.4 Å². The second kappa shape index (κ2) is 5.48. The third-order valence-corrected chi connectivity index (χ3v) is 4.11. The van der Waals surface area contributed by atoms with Crippen LogP contribution in [0.5, 0.6) is 0 Å². The van der Waals surface area contributed by atoms with E-state index in [-0.39, 0.29) is 12.3 Å². The number of nitrogens with one attached hydrogen (secondary N) is 1. The third kappa shape index (κ3) is 2.39. The minimum Gasteiger partial charge on any atom is -0.324 e. The number of aromatic nitrogens is 4. The average Bonchev–Trinajstić information content (AvgIpc) is 3.11. The highest BCUT2D eigenvalue weighted by Crippen LogP contribution is 2.37. The van der Waals surface area contributed by atoms with E-state index in [2.05, 4.69) is 20.4 Å². The van der Waals surface area contributed by atoms with Gasteiger partial charge in [-0.05, 0) is 11.6 Å². The van der Waals surface area contributed by atoms with Crippen LogP contribution >= 0.6 is 11.6 Å². The van der Waals surface area contributed by atoms with Crippen LogP contribution in [0.15, 0.2) is 24.5 Å². The van der Waals surface area contributed by atoms with Crippen LogP contribution in [-0.4, -0.2) is 32.1 Å². The minimum atomic E-state index is -2.52. The normalized spacial score (nSPS) is 13.6. The molecule has 122 valence electrons. The number of amides is 1. The van der Waals surface area contributed by atoms with Gasteiger partial charge in [0.1, 0.15) is 12.1 Å². The number of rotatable bonds is 3. The zero-order valence-corrected chi connectivity index (χ0v) is 12.9. The molecule has 24 heavy (non-hydrogen) atoms. The van der Waals surface area contributed by atoms with Crippen molar-refractivity contribution in [3.05, 3.63) is 35.1 Å². The van der Waals surface area contributed by atoms with E-state index in [1.54, 1.807) is 12.1 Å². The average molecular weight is 350 g/mol. The number of alkyl halides is 2. The molecule has 4 rings (SSSR count). The standard InChI is InChI=1S/C15H10ClF2N5O/c16-9-2-1-7(8-3-13(24)22-14(8)9)10-4-19-15-11(21-10)5-20-23(15)6-12(17)18/h1-2,4-5,12H,3,6H2,(H,22,24). The molecule has 0 aliphatic carbocycles. The van der Waals surface area contributed by atoms with Gasteiger partial charge in [0.25, 0.3) is 6.43 Å². The molecule has 0 atom stereocenters. The Labute approximate surface area is 139 Å². The van der Waals surface area contributed by atoms with Crippen LogP contribution in [0.1, 0.15) is 5.56 Å². The molecule has 3 aromatic rings. The fourth-order valence-corrected chi connectivity index (χ4v) is 3.00. The molecule has 0 fully saturated rings. The van der Waals surface area contributed by atoms with Crippen molar-refractivity contribution in [1.82, 2.24) is 19.7 Å². The smallest absolute Gasteiger partial charge is 0.258 e. The highest BCUT2D eigenvalue weighted by Gasteiger charge is 2.25. The van der Waals surface area contributed by atoms with Gasteiger partial charge in [-0.3, -0.25) is 4.79 Å². The first-order chi connectivity index (χ1) is 11.5. The molecule has 0 unspecified atom stereocenters. The molecule has 9 heteroatoms. The number of anilines is 1. The van der Waals surface area contributed by atoms with Gasteiger partial charge in [0.15, 0.2) is 5.65 Å². The highest BCUT2D eigenvalue weighted by atomic mass is 35.5. The summed E-state index contributed by atoms with van der Waals surface area (Å²) in [6.07, 6.45) is 0.563. The molecule has 6 nitrogen and oxygen atoms in total. The zero-order chi connectivity index (χ0) is 16.8. The van der Waals surface area contributed by atoms with Crippen LogP contribution in [0.4, 0.5) is 14.5 Å². The lowest BCUT2D eigenvalue weighted by atomic mass is 10.0. The van der Waals surface area contributed by atoms with Crippen LogP contribution in [0, 0.1) is 0 Å². The number of carbonyl (C=O) groups excluding carboxylic acids is 1. The summed E-state index contributed by atoms with van der Waals surface area (Å²) < 4.78 is 26.2. The molecule has 1 amide bonds. The summed E-state index contributed by atoms with van der Waals surface area (Å²) in [4.78, 5) is 20.3. The molecule has 0 saturated heterocycles. The summed E-state index contributed by atoms with van der Waals surface area (Å²) in [7, 11) is 0. The monoisotopic (exact) mass is 349 g/mol. The van der Waals surface area contributed by atoms with Gasteiger partial charge in [0, 0.05) is 5.56 Å². The van der Waals surface area contributed by atoms with E-state index in [1.807, 2.05) is 0 Å². The fourth-order valence-electron chi connectivity index (χ4n) is 2.78. The minimum absolute atomic E-state index is 0.141. The highest BCUT2D eigenvalue weighted by molar-refractivity contribution is 6.34. The molecule has 2 aromatic heterocycles. The molecule has 1 aliphatic heterocycles. The first kappa shape index (κ1) is 14.9. The van der Waals surface area contributed by atoms with E-state index < -0.39 is 13.0 Å². The van der Waals surface area contributed by atoms with Crippen molar-refractivity contribution >= 4 is 34.4 Å². The van der Waals surface area contributed by atoms with Gasteiger partial charge < -0.3 is 5.32 Å². The Hall–Kier alpha value is -2.61. The summed E-state index contributed by atoms with van der Waals surface area (Å²) in [5.74, 6) is -0.141. The second-order valence-corrected chi connectivity index (χ2v) is 5.76. The maximum absolute atomic E-state index is 12.5. The van der Waals surface area contributed by atoms with Crippen LogP contribution in [0.25, 0.3) is 22.4 Å². The van der Waals surface area contributed by atoms with E-state index in [0.717, 1.165) is 15.8 Å². The van der Waals surface area contributed by atoms with Gasteiger partial charge in [-0.15, -0.1) is 0 Å². The van der Waals surface area contributed by atoms with Crippen molar-refractivity contribution in [3.8, 4) is 11.3 Å². The molecule has 1 N–H and O–H groups in total. The van der Waals surface area contributed by atoms with Gasteiger partial charge in [-0.2, -0.15) is 5.10 Å². The summed E-state index contributed by atoms with van der Waals surface area (Å²) in [6.45, 7) is -0.535. The van der Waals surface area contributed by atoms with Crippen LogP contribution in [-0.2, 0) is 17.8 Å². The Kier molecular flexibility index (Phi) is 3.42. The van der Waals surface area contributed by atoms with Crippen molar-refractivity contribution in [2.75, 3.05) is 5.32 Å². The maximum Gasteiger partial charge on any atom is 0.258 e. The summed E-state index contributed by atoms with van der Waals surface area (Å²) in [5, 5.41) is 7.07. The SMILES string of the molecule is O=C1Cc2c(-c3cnc4c(cnn4CC(F)F)n3)ccc(Cl)c2N1. The first-order valence-electron chi connectivity index (χ1n) is 7.11. The third-order valence-electron chi connectivity index (χ3n) is 3.79. The number of hydrogen-bond donors (Lipinski definition) is 1. The van der Waals surface area contributed by atoms with Crippen LogP contribution in [0.3, 0.4) is 0 Å². The second-order valence-electron chi connectivity index (χ2n) is 5.36. The molecule has 1 aliphatic rings. The summed E-state index contributed by atoms with van der Waals surface area (Å²) >= 11 is 6.11. The Bertz CT molecular complexity index is 972. The number of hydrogen-bond acceptors (Lipinski definition) is 4. The Balaban J connectivity index is 1.81. The Morgan fingerprint density at radius 3 is 2.96 bits per heavy atom. The van der Waals surface area contributed by atoms with Gasteiger partial charge in [0.05, 0.1) is 35.2 Å². The van der Waals surface area contributed by atoms with E-state index in [0.29, 0.717) is 27.6 Å². The first-order valence-corrected chi connectivity index (χ1v) is 7.49. The fraction of sp³-hybridized carbons (Fsp3) is 0.200. The van der Waals surface area contributed by atoms with Gasteiger partial charge >= 0.3 is 0 Å². The van der Waals surface area contributed by atoms with E-state index in [9.17, 15) is 13.6 Å². The number of nitrogens with zero attached hydrogens (tertiary/aromatic N) is 4. The predicted molar refractivity (Wildman–Crippen MR) is 84.1 cm³/mol. The Morgan fingerprint density at radius 2 is 2.17 bits per heavy atom. The Morgan fingerprint density at radius 1 is 1.33 bits per heavy atom. The summed E-state index contributed by atoms with van der Waals surface area (Å²) in [6, 6.07) is 3.44. The number of benzene rings is 1. The van der Waals surface area contributed by atoms with Crippen molar-refractivity contribution in [2.24, 2.45) is 0 Å². The summed E-state index contributed by atoms with van der Waals surface area (Å²) in [5.41, 5.74) is 3.29. The predicted octanol–water partition coefficient (Wildman–Crippen LogP) is 2.91. The van der Waals surface area contributed by atoms with Crippen molar-refractivity contribution in [1.29, 1.82) is 0 Å². The number of carbonyl (C=O) groups is 1. The zero-order valence-electron chi connectivity index (χ0n) is 12.1. The van der Waals surface area contributed by atoms with Crippen molar-refractivity contribution < 1.29 is 13.6 Å². The largest absolute Gasteiger partial charge is 0.324 e. The lowest BCUT2D eigenvalue weighted by Crippen LogP contribution is -2.08. The van der Waals surface area contributed by atoms with Crippen molar-refractivity contribution in [3.63, 3.8) is 0 Å². The molecule has 0 radical (unpaired) electrons. The van der Waals surface area contributed by atoms with Crippen LogP contribution in [0.2, 0.25) is 5.02 Å². The van der Waals surface area contributed by atoms with Gasteiger partial charge in [-0.1, -0.05) is 17.7 Å². The lowest BCUT2D eigenvalue weighted by Gasteiger charge is -2.08. The van der Waals surface area contributed by atoms with Gasteiger partial charge in [-0.25, -0.2) is 23.4 Å². The molecule has 1 aromatic carbocycles. The number of halogens is 3. The molecule has 0 spiro atoms. The van der Waals surface area contributed by atoms with Gasteiger partial charge in [0.2, 0.25) is 5.91 Å². The van der Waals surface area contributed by atoms with Crippen LogP contribution < -0.4 is 5.32 Å². The number of fused-ring (bicyclic) bond motifs is 2.